The van der Waals surface area contributed by atoms with Gasteiger partial charge in [-0.15, -0.1) is 0 Å². The first-order chi connectivity index (χ1) is 8.29. The Morgan fingerprint density at radius 2 is 1.56 bits per heavy atom. The maximum Gasteiger partial charge on any atom is 0.0108 e. The monoisotopic (exact) mass is 253 g/mol. The summed E-state index contributed by atoms with van der Waals surface area (Å²) in [6.07, 6.45) is 5.29. The molecule has 0 radical (unpaired) electrons. The van der Waals surface area contributed by atoms with E-state index in [-0.39, 0.29) is 0 Å². The van der Waals surface area contributed by atoms with Gasteiger partial charge in [-0.25, -0.2) is 0 Å². The summed E-state index contributed by atoms with van der Waals surface area (Å²) in [7, 11) is 0. The van der Waals surface area contributed by atoms with Crippen LogP contribution in [0.1, 0.15) is 74.1 Å². The third kappa shape index (κ3) is 3.10. The second-order valence-electron chi connectivity index (χ2n) is 7.61. The fourth-order valence-electron chi connectivity index (χ4n) is 3.96. The molecule has 0 aromatic heterocycles. The van der Waals surface area contributed by atoms with Crippen LogP contribution in [0.25, 0.3) is 0 Å². The molecule has 2 unspecified atom stereocenters. The first kappa shape index (κ1) is 16.0. The van der Waals surface area contributed by atoms with Crippen LogP contribution in [-0.4, -0.2) is 12.6 Å². The summed E-state index contributed by atoms with van der Waals surface area (Å²) < 4.78 is 0. The Labute approximate surface area is 115 Å². The average Bonchev–Trinajstić information content (AvgIpc) is 2.65. The van der Waals surface area contributed by atoms with E-state index in [4.69, 9.17) is 0 Å². The highest BCUT2D eigenvalue weighted by atomic mass is 15.0. The normalized spacial score (nSPS) is 24.8. The second kappa shape index (κ2) is 5.94. The number of nitrogens with one attached hydrogen (secondary N) is 1. The molecule has 1 aliphatic rings. The molecule has 1 fully saturated rings. The van der Waals surface area contributed by atoms with Crippen molar-refractivity contribution >= 4 is 0 Å². The third-order valence-electron chi connectivity index (χ3n) is 5.63. The van der Waals surface area contributed by atoms with Crippen molar-refractivity contribution in [2.24, 2.45) is 22.7 Å². The minimum Gasteiger partial charge on any atom is -0.314 e. The summed E-state index contributed by atoms with van der Waals surface area (Å²) in [4.78, 5) is 0. The maximum atomic E-state index is 3.83. The lowest BCUT2D eigenvalue weighted by atomic mass is 9.91. The molecule has 0 aromatic carbocycles. The van der Waals surface area contributed by atoms with Crippen molar-refractivity contribution in [1.29, 1.82) is 0 Å². The summed E-state index contributed by atoms with van der Waals surface area (Å²) >= 11 is 0. The van der Waals surface area contributed by atoms with Crippen molar-refractivity contribution in [2.45, 2.75) is 80.2 Å². The van der Waals surface area contributed by atoms with Crippen molar-refractivity contribution in [3.63, 3.8) is 0 Å². The van der Waals surface area contributed by atoms with Gasteiger partial charge in [0.2, 0.25) is 0 Å². The van der Waals surface area contributed by atoms with Gasteiger partial charge in [-0.1, -0.05) is 61.3 Å². The fraction of sp³-hybridized carbons (Fsp3) is 1.00. The Morgan fingerprint density at radius 1 is 1.00 bits per heavy atom. The standard InChI is InChI=1S/C17H35N/c1-8-10-13(3)12-14(18-11-9-2)15-16(4,5)17(15,6)7/h13-15,18H,8-12H2,1-7H3. The number of hydrogen-bond donors (Lipinski definition) is 1. The zero-order chi connectivity index (χ0) is 14.0. The fourth-order valence-corrected chi connectivity index (χ4v) is 3.96. The molecule has 108 valence electrons. The Morgan fingerprint density at radius 3 is 1.94 bits per heavy atom. The van der Waals surface area contributed by atoms with Crippen molar-refractivity contribution in [1.82, 2.24) is 5.32 Å². The molecule has 0 aromatic rings. The second-order valence-corrected chi connectivity index (χ2v) is 7.61. The largest absolute Gasteiger partial charge is 0.314 e. The smallest absolute Gasteiger partial charge is 0.0108 e. The van der Waals surface area contributed by atoms with Gasteiger partial charge in [0.1, 0.15) is 0 Å². The van der Waals surface area contributed by atoms with Crippen LogP contribution in [0.2, 0.25) is 0 Å². The van der Waals surface area contributed by atoms with Crippen LogP contribution in [0.4, 0.5) is 0 Å². The number of rotatable bonds is 8. The molecule has 1 nitrogen and oxygen atoms in total. The minimum atomic E-state index is 0.504. The van der Waals surface area contributed by atoms with Gasteiger partial charge in [0.25, 0.3) is 0 Å². The number of hydrogen-bond acceptors (Lipinski definition) is 1. The van der Waals surface area contributed by atoms with Crippen molar-refractivity contribution in [3.8, 4) is 0 Å². The van der Waals surface area contributed by atoms with E-state index in [0.29, 0.717) is 10.8 Å². The molecule has 0 amide bonds. The third-order valence-corrected chi connectivity index (χ3v) is 5.63. The topological polar surface area (TPSA) is 12.0 Å². The van der Waals surface area contributed by atoms with Crippen LogP contribution < -0.4 is 5.32 Å². The predicted molar refractivity (Wildman–Crippen MR) is 81.8 cm³/mol. The van der Waals surface area contributed by atoms with Gasteiger partial charge in [0, 0.05) is 6.04 Å². The lowest BCUT2D eigenvalue weighted by Gasteiger charge is -2.24. The summed E-state index contributed by atoms with van der Waals surface area (Å²) in [6, 6.07) is 0.719. The zero-order valence-corrected chi connectivity index (χ0v) is 13.8. The molecule has 18 heavy (non-hydrogen) atoms. The van der Waals surface area contributed by atoms with Crippen LogP contribution in [0.3, 0.4) is 0 Å². The molecule has 0 aliphatic heterocycles. The molecule has 1 heteroatoms. The van der Waals surface area contributed by atoms with Crippen LogP contribution in [0.15, 0.2) is 0 Å². The maximum absolute atomic E-state index is 3.83. The molecular formula is C17H35N. The first-order valence-electron chi connectivity index (χ1n) is 8.02. The molecule has 0 bridgehead atoms. The van der Waals surface area contributed by atoms with Crippen molar-refractivity contribution in [3.05, 3.63) is 0 Å². The van der Waals surface area contributed by atoms with Crippen LogP contribution in [-0.2, 0) is 0 Å². The SMILES string of the molecule is CCCNC(CC(C)CCC)C1C(C)(C)C1(C)C. The van der Waals surface area contributed by atoms with Gasteiger partial charge < -0.3 is 5.32 Å². The Bertz CT molecular complexity index is 240. The van der Waals surface area contributed by atoms with E-state index in [0.717, 1.165) is 17.9 Å². The highest BCUT2D eigenvalue weighted by Crippen LogP contribution is 2.70. The van der Waals surface area contributed by atoms with E-state index >= 15 is 0 Å². The molecular weight excluding hydrogens is 218 g/mol. The van der Waals surface area contributed by atoms with E-state index in [1.54, 1.807) is 0 Å². The minimum absolute atomic E-state index is 0.504. The molecule has 0 saturated heterocycles. The van der Waals surface area contributed by atoms with E-state index in [9.17, 15) is 0 Å². The van der Waals surface area contributed by atoms with Crippen LogP contribution >= 0.6 is 0 Å². The van der Waals surface area contributed by atoms with E-state index < -0.39 is 0 Å². The van der Waals surface area contributed by atoms with Crippen LogP contribution in [0, 0.1) is 22.7 Å². The Kier molecular flexibility index (Phi) is 5.29. The lowest BCUT2D eigenvalue weighted by Crippen LogP contribution is -2.35. The van der Waals surface area contributed by atoms with Gasteiger partial charge in [-0.3, -0.25) is 0 Å². The van der Waals surface area contributed by atoms with Crippen molar-refractivity contribution in [2.75, 3.05) is 6.54 Å². The van der Waals surface area contributed by atoms with E-state index in [1.807, 2.05) is 0 Å². The summed E-state index contributed by atoms with van der Waals surface area (Å²) in [5, 5.41) is 3.83. The highest BCUT2D eigenvalue weighted by molar-refractivity contribution is 5.16. The van der Waals surface area contributed by atoms with Gasteiger partial charge in [-0.2, -0.15) is 0 Å². The summed E-state index contributed by atoms with van der Waals surface area (Å²) in [6.45, 7) is 18.0. The lowest BCUT2D eigenvalue weighted by molar-refractivity contribution is 0.320. The molecule has 1 saturated carbocycles. The molecule has 1 N–H and O–H groups in total. The first-order valence-corrected chi connectivity index (χ1v) is 8.02. The van der Waals surface area contributed by atoms with Gasteiger partial charge in [-0.05, 0) is 42.1 Å². The Hall–Kier alpha value is -0.0400. The van der Waals surface area contributed by atoms with Gasteiger partial charge in [0.15, 0.2) is 0 Å². The summed E-state index contributed by atoms with van der Waals surface area (Å²) in [5.41, 5.74) is 1.01. The van der Waals surface area contributed by atoms with Crippen LogP contribution in [0.5, 0.6) is 0 Å². The molecule has 0 spiro atoms. The molecule has 0 heterocycles. The zero-order valence-electron chi connectivity index (χ0n) is 13.8. The van der Waals surface area contributed by atoms with E-state index in [2.05, 4.69) is 53.8 Å². The van der Waals surface area contributed by atoms with Gasteiger partial charge in [0.05, 0.1) is 0 Å². The Balaban J connectivity index is 2.63. The average molecular weight is 253 g/mol. The highest BCUT2D eigenvalue weighted by Gasteiger charge is 2.66. The quantitative estimate of drug-likeness (QED) is 0.651. The summed E-state index contributed by atoms with van der Waals surface area (Å²) in [5.74, 6) is 1.70. The van der Waals surface area contributed by atoms with Gasteiger partial charge >= 0.3 is 0 Å². The molecule has 2 atom stereocenters. The predicted octanol–water partition coefficient (Wildman–Crippen LogP) is 4.86. The van der Waals surface area contributed by atoms with E-state index in [1.165, 1.54) is 32.2 Å². The molecule has 1 aliphatic carbocycles. The van der Waals surface area contributed by atoms with Crippen molar-refractivity contribution < 1.29 is 0 Å². The molecule has 1 rings (SSSR count).